The Bertz CT molecular complexity index is 158. The van der Waals surface area contributed by atoms with Crippen molar-refractivity contribution in [3.63, 3.8) is 0 Å². The minimum atomic E-state index is 0.730. The molecule has 1 aliphatic carbocycles. The molecule has 64 valence electrons. The fourth-order valence-electron chi connectivity index (χ4n) is 2.65. The van der Waals surface area contributed by atoms with Crippen LogP contribution in [0.2, 0.25) is 0 Å². The van der Waals surface area contributed by atoms with Crippen LogP contribution in [0, 0.1) is 11.3 Å². The molecule has 0 amide bonds. The SMILES string of the molecule is CN1CCC2(CC2CCN)C1. The third-order valence-corrected chi connectivity index (χ3v) is 3.45. The Kier molecular flexibility index (Phi) is 1.69. The molecule has 1 saturated carbocycles. The lowest BCUT2D eigenvalue weighted by Crippen LogP contribution is -2.16. The van der Waals surface area contributed by atoms with Crippen molar-refractivity contribution in [2.45, 2.75) is 19.3 Å². The molecule has 0 aromatic carbocycles. The predicted molar refractivity (Wildman–Crippen MR) is 46.3 cm³/mol. The van der Waals surface area contributed by atoms with Gasteiger partial charge in [-0.25, -0.2) is 0 Å². The Labute approximate surface area is 68.7 Å². The third-order valence-electron chi connectivity index (χ3n) is 3.45. The van der Waals surface area contributed by atoms with Gasteiger partial charge in [0.1, 0.15) is 0 Å². The van der Waals surface area contributed by atoms with Crippen molar-refractivity contribution in [3.8, 4) is 0 Å². The standard InChI is InChI=1S/C9H18N2/c1-11-5-3-9(7-11)6-8(9)2-4-10/h8H,2-7,10H2,1H3. The molecule has 2 rings (SSSR count). The Balaban J connectivity index is 1.87. The summed E-state index contributed by atoms with van der Waals surface area (Å²) in [6.07, 6.45) is 4.14. The molecule has 0 bridgehead atoms. The largest absolute Gasteiger partial charge is 0.330 e. The van der Waals surface area contributed by atoms with Crippen LogP contribution in [-0.4, -0.2) is 31.6 Å². The van der Waals surface area contributed by atoms with Crippen LogP contribution in [0.3, 0.4) is 0 Å². The Morgan fingerprint density at radius 3 is 3.00 bits per heavy atom. The molecular weight excluding hydrogens is 136 g/mol. The van der Waals surface area contributed by atoms with Crippen LogP contribution in [0.4, 0.5) is 0 Å². The molecule has 1 aliphatic heterocycles. The summed E-state index contributed by atoms with van der Waals surface area (Å²) in [5.74, 6) is 0.970. The number of nitrogens with zero attached hydrogens (tertiary/aromatic N) is 1. The second-order valence-electron chi connectivity index (χ2n) is 4.33. The average Bonchev–Trinajstić information content (AvgIpc) is 2.46. The second-order valence-corrected chi connectivity index (χ2v) is 4.33. The van der Waals surface area contributed by atoms with E-state index in [1.54, 1.807) is 0 Å². The van der Waals surface area contributed by atoms with Gasteiger partial charge in [-0.15, -0.1) is 0 Å². The van der Waals surface area contributed by atoms with Crippen molar-refractivity contribution in [2.75, 3.05) is 26.7 Å². The maximum absolute atomic E-state index is 5.54. The smallest absolute Gasteiger partial charge is 0.00382 e. The molecule has 2 nitrogen and oxygen atoms in total. The van der Waals surface area contributed by atoms with E-state index in [1.807, 2.05) is 0 Å². The lowest BCUT2D eigenvalue weighted by atomic mass is 10.0. The van der Waals surface area contributed by atoms with Gasteiger partial charge in [0.2, 0.25) is 0 Å². The Morgan fingerprint density at radius 2 is 2.45 bits per heavy atom. The van der Waals surface area contributed by atoms with Crippen molar-refractivity contribution >= 4 is 0 Å². The molecule has 0 aromatic rings. The molecule has 1 spiro atoms. The summed E-state index contributed by atoms with van der Waals surface area (Å²) in [6.45, 7) is 3.52. The van der Waals surface area contributed by atoms with Gasteiger partial charge < -0.3 is 10.6 Å². The highest BCUT2D eigenvalue weighted by Gasteiger charge is 2.55. The van der Waals surface area contributed by atoms with Crippen LogP contribution in [-0.2, 0) is 0 Å². The Hall–Kier alpha value is -0.0800. The first-order valence-electron chi connectivity index (χ1n) is 4.65. The first-order valence-corrected chi connectivity index (χ1v) is 4.65. The molecule has 2 fully saturated rings. The van der Waals surface area contributed by atoms with Gasteiger partial charge in [-0.2, -0.15) is 0 Å². The number of rotatable bonds is 2. The fraction of sp³-hybridized carbons (Fsp3) is 1.00. The Morgan fingerprint density at radius 1 is 1.64 bits per heavy atom. The van der Waals surface area contributed by atoms with E-state index in [9.17, 15) is 0 Å². The zero-order valence-electron chi connectivity index (χ0n) is 7.34. The molecule has 2 atom stereocenters. The predicted octanol–water partition coefficient (Wildman–Crippen LogP) is 0.677. The van der Waals surface area contributed by atoms with Gasteiger partial charge in [0.25, 0.3) is 0 Å². The fourth-order valence-corrected chi connectivity index (χ4v) is 2.65. The van der Waals surface area contributed by atoms with Gasteiger partial charge in [-0.05, 0) is 50.7 Å². The minimum absolute atomic E-state index is 0.730. The van der Waals surface area contributed by atoms with E-state index < -0.39 is 0 Å². The van der Waals surface area contributed by atoms with Gasteiger partial charge in [-0.3, -0.25) is 0 Å². The maximum atomic E-state index is 5.54. The molecule has 0 radical (unpaired) electrons. The van der Waals surface area contributed by atoms with E-state index in [2.05, 4.69) is 11.9 Å². The topological polar surface area (TPSA) is 29.3 Å². The molecule has 2 N–H and O–H groups in total. The van der Waals surface area contributed by atoms with Crippen molar-refractivity contribution in [1.82, 2.24) is 4.90 Å². The maximum Gasteiger partial charge on any atom is 0.00382 e. The highest BCUT2D eigenvalue weighted by molar-refractivity contribution is 5.06. The minimum Gasteiger partial charge on any atom is -0.330 e. The van der Waals surface area contributed by atoms with Crippen LogP contribution in [0.15, 0.2) is 0 Å². The highest BCUT2D eigenvalue weighted by atomic mass is 15.1. The first kappa shape index (κ1) is 7.56. The molecule has 0 aromatic heterocycles. The zero-order chi connectivity index (χ0) is 7.90. The summed E-state index contributed by atoms with van der Waals surface area (Å²) in [7, 11) is 2.23. The second kappa shape index (κ2) is 2.46. The molecule has 2 heteroatoms. The van der Waals surface area contributed by atoms with Gasteiger partial charge in [0, 0.05) is 6.54 Å². The summed E-state index contributed by atoms with van der Waals surface area (Å²) in [4.78, 5) is 2.45. The van der Waals surface area contributed by atoms with Gasteiger partial charge in [-0.1, -0.05) is 0 Å². The van der Waals surface area contributed by atoms with Crippen LogP contribution < -0.4 is 5.73 Å². The summed E-state index contributed by atoms with van der Waals surface area (Å²) in [5.41, 5.74) is 6.27. The quantitative estimate of drug-likeness (QED) is 0.633. The summed E-state index contributed by atoms with van der Waals surface area (Å²) in [6, 6.07) is 0. The first-order chi connectivity index (χ1) is 5.27. The van der Waals surface area contributed by atoms with Crippen LogP contribution >= 0.6 is 0 Å². The normalized spacial score (nSPS) is 43.6. The van der Waals surface area contributed by atoms with E-state index >= 15 is 0 Å². The van der Waals surface area contributed by atoms with Crippen LogP contribution in [0.5, 0.6) is 0 Å². The van der Waals surface area contributed by atoms with Crippen LogP contribution in [0.1, 0.15) is 19.3 Å². The number of hydrogen-bond donors (Lipinski definition) is 1. The monoisotopic (exact) mass is 154 g/mol. The van der Waals surface area contributed by atoms with Gasteiger partial charge >= 0.3 is 0 Å². The lowest BCUT2D eigenvalue weighted by Gasteiger charge is -2.08. The van der Waals surface area contributed by atoms with Crippen molar-refractivity contribution in [1.29, 1.82) is 0 Å². The summed E-state index contributed by atoms with van der Waals surface area (Å²) >= 11 is 0. The van der Waals surface area contributed by atoms with Gasteiger partial charge in [0.05, 0.1) is 0 Å². The molecule has 1 heterocycles. The highest BCUT2D eigenvalue weighted by Crippen LogP contribution is 2.59. The lowest BCUT2D eigenvalue weighted by molar-refractivity contribution is 0.373. The molecule has 2 aliphatic rings. The zero-order valence-corrected chi connectivity index (χ0v) is 7.34. The summed E-state index contributed by atoms with van der Waals surface area (Å²) < 4.78 is 0. The third kappa shape index (κ3) is 1.18. The molecule has 2 unspecified atom stereocenters. The number of hydrogen-bond acceptors (Lipinski definition) is 2. The average molecular weight is 154 g/mol. The molecular formula is C9H18N2. The van der Waals surface area contributed by atoms with E-state index in [-0.39, 0.29) is 0 Å². The molecule has 11 heavy (non-hydrogen) atoms. The van der Waals surface area contributed by atoms with Gasteiger partial charge in [0.15, 0.2) is 0 Å². The van der Waals surface area contributed by atoms with E-state index in [0.717, 1.165) is 17.9 Å². The van der Waals surface area contributed by atoms with E-state index in [0.29, 0.717) is 0 Å². The van der Waals surface area contributed by atoms with Crippen molar-refractivity contribution < 1.29 is 0 Å². The number of likely N-dealkylation sites (tertiary alicyclic amines) is 1. The van der Waals surface area contributed by atoms with Crippen molar-refractivity contribution in [2.24, 2.45) is 17.1 Å². The summed E-state index contributed by atoms with van der Waals surface area (Å²) in [5, 5.41) is 0. The molecule has 1 saturated heterocycles. The van der Waals surface area contributed by atoms with Crippen LogP contribution in [0.25, 0.3) is 0 Å². The number of nitrogens with two attached hydrogens (primary N) is 1. The van der Waals surface area contributed by atoms with E-state index in [1.165, 1.54) is 32.4 Å². The van der Waals surface area contributed by atoms with Crippen molar-refractivity contribution in [3.05, 3.63) is 0 Å². The van der Waals surface area contributed by atoms with E-state index in [4.69, 9.17) is 5.73 Å².